The SMILES string of the molecule is CCS(=O)(=O)Cc1cc2c(cc1F)C(c1ccc(F)cc1)=NN(C)c1cc(=O)n(C)cc1-2. The number of sulfone groups is 1. The van der Waals surface area contributed by atoms with Gasteiger partial charge in [-0.25, -0.2) is 17.2 Å². The second kappa shape index (κ2) is 7.98. The number of aryl methyl sites for hydroxylation is 1. The molecule has 2 aromatic carbocycles. The molecule has 0 fully saturated rings. The van der Waals surface area contributed by atoms with E-state index in [0.717, 1.165) is 0 Å². The summed E-state index contributed by atoms with van der Waals surface area (Å²) in [6.07, 6.45) is 1.62. The molecule has 0 N–H and O–H groups in total. The van der Waals surface area contributed by atoms with E-state index in [1.54, 1.807) is 20.3 Å². The molecule has 0 aliphatic carbocycles. The van der Waals surface area contributed by atoms with Crippen LogP contribution in [-0.2, 0) is 22.6 Å². The molecule has 32 heavy (non-hydrogen) atoms. The van der Waals surface area contributed by atoms with Crippen LogP contribution in [0.2, 0.25) is 0 Å². The fourth-order valence-electron chi connectivity index (χ4n) is 3.66. The maximum Gasteiger partial charge on any atom is 0.252 e. The lowest BCUT2D eigenvalue weighted by atomic mass is 9.92. The predicted octanol–water partition coefficient (Wildman–Crippen LogP) is 3.47. The molecule has 9 heteroatoms. The highest BCUT2D eigenvalue weighted by molar-refractivity contribution is 7.90. The molecule has 0 radical (unpaired) electrons. The molecule has 1 aromatic heterocycles. The number of hydrogen-bond donors (Lipinski definition) is 0. The fraction of sp³-hybridized carbons (Fsp3) is 0.217. The number of fused-ring (bicyclic) bond motifs is 3. The molecule has 0 amide bonds. The average Bonchev–Trinajstić information content (AvgIpc) is 2.85. The molecule has 0 spiro atoms. The Morgan fingerprint density at radius 2 is 1.66 bits per heavy atom. The molecule has 0 bridgehead atoms. The van der Waals surface area contributed by atoms with E-state index >= 15 is 4.39 Å². The van der Waals surface area contributed by atoms with Gasteiger partial charge in [0.25, 0.3) is 5.56 Å². The molecule has 0 saturated carbocycles. The first-order valence-corrected chi connectivity index (χ1v) is 11.7. The van der Waals surface area contributed by atoms with Crippen molar-refractivity contribution >= 4 is 21.2 Å². The van der Waals surface area contributed by atoms with E-state index in [4.69, 9.17) is 0 Å². The highest BCUT2D eigenvalue weighted by Gasteiger charge is 2.26. The Morgan fingerprint density at radius 1 is 0.969 bits per heavy atom. The van der Waals surface area contributed by atoms with Crippen molar-refractivity contribution in [3.8, 4) is 11.1 Å². The van der Waals surface area contributed by atoms with Crippen LogP contribution >= 0.6 is 0 Å². The lowest BCUT2D eigenvalue weighted by Gasteiger charge is -2.16. The van der Waals surface area contributed by atoms with Crippen molar-refractivity contribution in [3.05, 3.63) is 87.3 Å². The van der Waals surface area contributed by atoms with Gasteiger partial charge in [0.15, 0.2) is 9.84 Å². The molecule has 0 atom stereocenters. The van der Waals surface area contributed by atoms with Gasteiger partial charge in [0.2, 0.25) is 0 Å². The summed E-state index contributed by atoms with van der Waals surface area (Å²) in [4.78, 5) is 12.3. The van der Waals surface area contributed by atoms with Crippen LogP contribution in [0.3, 0.4) is 0 Å². The van der Waals surface area contributed by atoms with Gasteiger partial charge in [-0.3, -0.25) is 9.80 Å². The summed E-state index contributed by atoms with van der Waals surface area (Å²) in [7, 11) is -0.224. The number of benzene rings is 2. The van der Waals surface area contributed by atoms with E-state index in [1.165, 1.54) is 59.0 Å². The number of hydrazone groups is 1. The smallest absolute Gasteiger partial charge is 0.252 e. The standard InChI is InChI=1S/C23H21F2N3O3S/c1-4-32(30,31)13-15-9-17-18(10-20(15)25)23(14-5-7-16(24)8-6-14)26-28(3)21-11-22(29)27(2)12-19(17)21/h5-12H,4,13H2,1-3H3. The lowest BCUT2D eigenvalue weighted by Crippen LogP contribution is -2.19. The van der Waals surface area contributed by atoms with Crippen LogP contribution in [0.4, 0.5) is 14.5 Å². The summed E-state index contributed by atoms with van der Waals surface area (Å²) in [5.41, 5.74) is 2.73. The minimum absolute atomic E-state index is 0.0356. The first kappa shape index (κ1) is 21.9. The number of aromatic nitrogens is 1. The molecule has 1 aliphatic rings. The third kappa shape index (κ3) is 3.95. The summed E-state index contributed by atoms with van der Waals surface area (Å²) >= 11 is 0. The minimum atomic E-state index is -3.48. The van der Waals surface area contributed by atoms with Crippen LogP contribution < -0.4 is 10.6 Å². The highest BCUT2D eigenvalue weighted by Crippen LogP contribution is 2.37. The van der Waals surface area contributed by atoms with Gasteiger partial charge in [0.1, 0.15) is 11.6 Å². The highest BCUT2D eigenvalue weighted by atomic mass is 32.2. The molecule has 166 valence electrons. The van der Waals surface area contributed by atoms with Crippen molar-refractivity contribution in [2.45, 2.75) is 12.7 Å². The van der Waals surface area contributed by atoms with Gasteiger partial charge in [-0.1, -0.05) is 6.92 Å². The van der Waals surface area contributed by atoms with Crippen molar-refractivity contribution in [3.63, 3.8) is 0 Å². The van der Waals surface area contributed by atoms with E-state index < -0.39 is 27.2 Å². The molecule has 3 aromatic rings. The Kier molecular flexibility index (Phi) is 5.46. The Hall–Kier alpha value is -3.33. The Balaban J connectivity index is 2.04. The third-order valence-corrected chi connectivity index (χ3v) is 7.10. The first-order chi connectivity index (χ1) is 15.1. The van der Waals surface area contributed by atoms with E-state index in [-0.39, 0.29) is 16.9 Å². The van der Waals surface area contributed by atoms with Gasteiger partial charge in [-0.05, 0) is 42.0 Å². The molecule has 2 heterocycles. The third-order valence-electron chi connectivity index (χ3n) is 5.47. The number of rotatable bonds is 4. The number of hydrogen-bond acceptors (Lipinski definition) is 5. The van der Waals surface area contributed by atoms with Crippen LogP contribution in [0, 0.1) is 11.6 Å². The van der Waals surface area contributed by atoms with Crippen LogP contribution in [-0.4, -0.2) is 31.5 Å². The Morgan fingerprint density at radius 3 is 2.31 bits per heavy atom. The van der Waals surface area contributed by atoms with E-state index in [1.807, 2.05) is 0 Å². The molecule has 4 rings (SSSR count). The molecule has 0 unspecified atom stereocenters. The van der Waals surface area contributed by atoms with Gasteiger partial charge in [0.05, 0.1) is 17.2 Å². The first-order valence-electron chi connectivity index (χ1n) is 9.92. The monoisotopic (exact) mass is 457 g/mol. The number of nitrogens with zero attached hydrogens (tertiary/aromatic N) is 3. The molecule has 0 saturated heterocycles. The van der Waals surface area contributed by atoms with E-state index in [0.29, 0.717) is 33.7 Å². The normalized spacial score (nSPS) is 13.3. The Bertz CT molecular complexity index is 1410. The van der Waals surface area contributed by atoms with Crippen LogP contribution in [0.5, 0.6) is 0 Å². The molecular weight excluding hydrogens is 436 g/mol. The maximum atomic E-state index is 15.1. The van der Waals surface area contributed by atoms with Gasteiger partial charge >= 0.3 is 0 Å². The summed E-state index contributed by atoms with van der Waals surface area (Å²) in [6, 6.07) is 9.81. The topological polar surface area (TPSA) is 71.7 Å². The second-order valence-corrected chi connectivity index (χ2v) is 10.0. The zero-order valence-corrected chi connectivity index (χ0v) is 18.6. The number of pyridine rings is 1. The largest absolute Gasteiger partial charge is 0.318 e. The maximum absolute atomic E-state index is 15.1. The quantitative estimate of drug-likeness (QED) is 0.602. The summed E-state index contributed by atoms with van der Waals surface area (Å²) < 4.78 is 54.4. The second-order valence-electron chi connectivity index (χ2n) is 7.67. The van der Waals surface area contributed by atoms with E-state index in [2.05, 4.69) is 5.10 Å². The summed E-state index contributed by atoms with van der Waals surface area (Å²) in [5.74, 6) is -1.65. The summed E-state index contributed by atoms with van der Waals surface area (Å²) in [6.45, 7) is 1.51. The van der Waals surface area contributed by atoms with Gasteiger partial charge < -0.3 is 4.57 Å². The minimum Gasteiger partial charge on any atom is -0.318 e. The predicted molar refractivity (Wildman–Crippen MR) is 121 cm³/mol. The molecule has 6 nitrogen and oxygen atoms in total. The fourth-order valence-corrected chi connectivity index (χ4v) is 4.56. The van der Waals surface area contributed by atoms with E-state index in [9.17, 15) is 17.6 Å². The summed E-state index contributed by atoms with van der Waals surface area (Å²) in [5, 5.41) is 6.10. The van der Waals surface area contributed by atoms with Crippen LogP contribution in [0.25, 0.3) is 11.1 Å². The van der Waals surface area contributed by atoms with Crippen molar-refractivity contribution < 1.29 is 17.2 Å². The zero-order chi connectivity index (χ0) is 23.2. The number of halogens is 2. The molecular formula is C23H21F2N3O3S. The van der Waals surface area contributed by atoms with Crippen molar-refractivity contribution in [1.29, 1.82) is 0 Å². The Labute approximate surface area is 184 Å². The van der Waals surface area contributed by atoms with Gasteiger partial charge in [0, 0.05) is 54.4 Å². The number of anilines is 1. The van der Waals surface area contributed by atoms with Crippen molar-refractivity contribution in [2.75, 3.05) is 17.8 Å². The van der Waals surface area contributed by atoms with Crippen LogP contribution in [0.1, 0.15) is 23.6 Å². The lowest BCUT2D eigenvalue weighted by molar-refractivity contribution is 0.588. The average molecular weight is 458 g/mol. The zero-order valence-electron chi connectivity index (χ0n) is 17.8. The van der Waals surface area contributed by atoms with Gasteiger partial charge in [-0.15, -0.1) is 0 Å². The van der Waals surface area contributed by atoms with Crippen molar-refractivity contribution in [2.24, 2.45) is 12.1 Å². The van der Waals surface area contributed by atoms with Gasteiger partial charge in [-0.2, -0.15) is 5.10 Å². The van der Waals surface area contributed by atoms with Crippen LogP contribution in [0.15, 0.2) is 58.6 Å². The van der Waals surface area contributed by atoms with Crippen molar-refractivity contribution in [1.82, 2.24) is 4.57 Å². The molecule has 1 aliphatic heterocycles.